The van der Waals surface area contributed by atoms with Crippen LogP contribution in [0.1, 0.15) is 34.5 Å². The van der Waals surface area contributed by atoms with Gasteiger partial charge in [-0.3, -0.25) is 9.59 Å². The number of likely N-dealkylation sites (N-methyl/N-ethyl adjacent to an activating group) is 1. The third-order valence-corrected chi connectivity index (χ3v) is 6.33. The van der Waals surface area contributed by atoms with Gasteiger partial charge < -0.3 is 20.3 Å². The van der Waals surface area contributed by atoms with Crippen molar-refractivity contribution in [1.82, 2.24) is 15.0 Å². The summed E-state index contributed by atoms with van der Waals surface area (Å²) >= 11 is 1.42. The Balaban J connectivity index is 1.68. The monoisotopic (exact) mass is 412 g/mol. The summed E-state index contributed by atoms with van der Waals surface area (Å²) in [5, 5.41) is 15.5. The van der Waals surface area contributed by atoms with Crippen LogP contribution in [0.5, 0.6) is 0 Å². The quantitative estimate of drug-likeness (QED) is 0.662. The lowest BCUT2D eigenvalue weighted by Crippen LogP contribution is -2.35. The molecule has 0 unspecified atom stereocenters. The minimum atomic E-state index is -1.68. The first-order chi connectivity index (χ1) is 13.8. The number of benzene rings is 1. The SMILES string of the molecule is CCc1sc(-c2cccc(-c3cc([C@]4(O)CCN(C)C4=O)on3)c2)nc1C(N)=O. The third kappa shape index (κ3) is 3.22. The predicted octanol–water partition coefficient (Wildman–Crippen LogP) is 2.18. The molecule has 1 fully saturated rings. The zero-order chi connectivity index (χ0) is 20.8. The Bertz CT molecular complexity index is 1110. The van der Waals surface area contributed by atoms with Gasteiger partial charge in [-0.1, -0.05) is 30.3 Å². The van der Waals surface area contributed by atoms with Crippen molar-refractivity contribution in [3.05, 3.63) is 46.7 Å². The number of nitrogens with two attached hydrogens (primary N) is 1. The number of thiazole rings is 1. The highest BCUT2D eigenvalue weighted by Gasteiger charge is 2.48. The van der Waals surface area contributed by atoms with Gasteiger partial charge in [0.05, 0.1) is 0 Å². The van der Waals surface area contributed by atoms with E-state index in [4.69, 9.17) is 10.3 Å². The molecule has 9 heteroatoms. The molecular weight excluding hydrogens is 392 g/mol. The maximum atomic E-state index is 12.3. The van der Waals surface area contributed by atoms with Crippen LogP contribution in [0.3, 0.4) is 0 Å². The predicted molar refractivity (Wildman–Crippen MR) is 107 cm³/mol. The molecule has 0 radical (unpaired) electrons. The smallest absolute Gasteiger partial charge is 0.268 e. The van der Waals surface area contributed by atoms with E-state index in [1.54, 1.807) is 13.1 Å². The van der Waals surface area contributed by atoms with Crippen molar-refractivity contribution in [2.75, 3.05) is 13.6 Å². The number of rotatable bonds is 5. The molecule has 3 aromatic rings. The lowest BCUT2D eigenvalue weighted by atomic mass is 9.98. The summed E-state index contributed by atoms with van der Waals surface area (Å²) in [6.45, 7) is 2.40. The van der Waals surface area contributed by atoms with Crippen LogP contribution in [-0.4, -0.2) is 45.6 Å². The van der Waals surface area contributed by atoms with Gasteiger partial charge in [-0.2, -0.15) is 0 Å². The molecule has 29 heavy (non-hydrogen) atoms. The minimum absolute atomic E-state index is 0.130. The molecule has 3 N–H and O–H groups in total. The number of hydrogen-bond donors (Lipinski definition) is 2. The van der Waals surface area contributed by atoms with E-state index in [0.29, 0.717) is 29.4 Å². The van der Waals surface area contributed by atoms with Gasteiger partial charge in [0.15, 0.2) is 5.76 Å². The number of amides is 2. The molecule has 1 atom stereocenters. The molecule has 1 saturated heterocycles. The second-order valence-electron chi connectivity index (χ2n) is 7.00. The molecule has 150 valence electrons. The number of aliphatic hydroxyl groups is 1. The van der Waals surface area contributed by atoms with Crippen molar-refractivity contribution >= 4 is 23.2 Å². The summed E-state index contributed by atoms with van der Waals surface area (Å²) in [7, 11) is 1.64. The molecule has 8 nitrogen and oxygen atoms in total. The first-order valence-electron chi connectivity index (χ1n) is 9.19. The maximum Gasteiger partial charge on any atom is 0.268 e. The Labute approximate surface area is 171 Å². The molecule has 0 spiro atoms. The van der Waals surface area contributed by atoms with Crippen molar-refractivity contribution in [3.63, 3.8) is 0 Å². The molecule has 0 bridgehead atoms. The second kappa shape index (κ2) is 7.09. The largest absolute Gasteiger partial charge is 0.373 e. The summed E-state index contributed by atoms with van der Waals surface area (Å²) in [5.41, 5.74) is 6.10. The highest BCUT2D eigenvalue weighted by atomic mass is 32.1. The van der Waals surface area contributed by atoms with Crippen molar-refractivity contribution in [3.8, 4) is 21.8 Å². The van der Waals surface area contributed by atoms with Crippen LogP contribution in [0.25, 0.3) is 21.8 Å². The average molecular weight is 412 g/mol. The van der Waals surface area contributed by atoms with Crippen LogP contribution in [-0.2, 0) is 16.8 Å². The van der Waals surface area contributed by atoms with E-state index in [9.17, 15) is 14.7 Å². The van der Waals surface area contributed by atoms with Gasteiger partial charge in [0.25, 0.3) is 11.8 Å². The molecule has 2 amide bonds. The van der Waals surface area contributed by atoms with Crippen LogP contribution in [0.15, 0.2) is 34.9 Å². The zero-order valence-corrected chi connectivity index (χ0v) is 16.8. The highest BCUT2D eigenvalue weighted by Crippen LogP contribution is 2.36. The summed E-state index contributed by atoms with van der Waals surface area (Å²) in [5.74, 6) is -0.810. The molecule has 1 aliphatic rings. The van der Waals surface area contributed by atoms with E-state index < -0.39 is 17.4 Å². The second-order valence-corrected chi connectivity index (χ2v) is 8.09. The van der Waals surface area contributed by atoms with E-state index in [2.05, 4.69) is 10.1 Å². The third-order valence-electron chi connectivity index (χ3n) is 5.08. The fourth-order valence-corrected chi connectivity index (χ4v) is 4.41. The fourth-order valence-electron chi connectivity index (χ4n) is 3.41. The van der Waals surface area contributed by atoms with Crippen LogP contribution >= 0.6 is 11.3 Å². The summed E-state index contributed by atoms with van der Waals surface area (Å²) < 4.78 is 5.32. The molecule has 1 aliphatic heterocycles. The Morgan fingerprint density at radius 2 is 2.14 bits per heavy atom. The van der Waals surface area contributed by atoms with Gasteiger partial charge in [-0.05, 0) is 12.5 Å². The topological polar surface area (TPSA) is 123 Å². The first kappa shape index (κ1) is 19.3. The molecule has 0 saturated carbocycles. The molecular formula is C20H20N4O4S. The van der Waals surface area contributed by atoms with Gasteiger partial charge in [0.1, 0.15) is 16.4 Å². The molecule has 1 aromatic carbocycles. The molecule has 3 heterocycles. The number of carbonyl (C=O) groups excluding carboxylic acids is 2. The number of likely N-dealkylation sites (tertiary alicyclic amines) is 1. The van der Waals surface area contributed by atoms with Crippen LogP contribution < -0.4 is 5.73 Å². The Morgan fingerprint density at radius 3 is 2.76 bits per heavy atom. The maximum absolute atomic E-state index is 12.3. The summed E-state index contributed by atoms with van der Waals surface area (Å²) in [4.78, 5) is 30.6. The van der Waals surface area contributed by atoms with Gasteiger partial charge in [0, 0.05) is 42.1 Å². The Morgan fingerprint density at radius 1 is 1.38 bits per heavy atom. The number of nitrogens with zero attached hydrogens (tertiary/aromatic N) is 3. The Hall–Kier alpha value is -3.04. The van der Waals surface area contributed by atoms with Gasteiger partial charge in [-0.15, -0.1) is 11.3 Å². The highest BCUT2D eigenvalue weighted by molar-refractivity contribution is 7.15. The standard InChI is InChI=1S/C20H20N4O4S/c1-3-14-16(17(21)25)22-18(29-14)12-6-4-5-11(9-12)13-10-15(28-23-13)20(27)7-8-24(2)19(20)26/h4-6,9-10,27H,3,7-8H2,1-2H3,(H2,21,25)/t20-/m1/s1. The van der Waals surface area contributed by atoms with Crippen LogP contribution in [0.4, 0.5) is 0 Å². The van der Waals surface area contributed by atoms with Gasteiger partial charge in [-0.25, -0.2) is 4.98 Å². The molecule has 2 aromatic heterocycles. The van der Waals surface area contributed by atoms with E-state index in [1.165, 1.54) is 16.2 Å². The number of hydrogen-bond acceptors (Lipinski definition) is 7. The Kier molecular flexibility index (Phi) is 4.71. The number of primary amides is 1. The molecule has 0 aliphatic carbocycles. The zero-order valence-electron chi connectivity index (χ0n) is 16.0. The van der Waals surface area contributed by atoms with Gasteiger partial charge in [0.2, 0.25) is 5.60 Å². The lowest BCUT2D eigenvalue weighted by Gasteiger charge is -2.16. The van der Waals surface area contributed by atoms with Crippen molar-refractivity contribution in [2.24, 2.45) is 5.73 Å². The van der Waals surface area contributed by atoms with Crippen molar-refractivity contribution in [2.45, 2.75) is 25.4 Å². The lowest BCUT2D eigenvalue weighted by molar-refractivity contribution is -0.144. The van der Waals surface area contributed by atoms with E-state index in [-0.39, 0.29) is 12.2 Å². The average Bonchev–Trinajstić information content (AvgIpc) is 3.43. The fraction of sp³-hybridized carbons (Fsp3) is 0.300. The summed E-state index contributed by atoms with van der Waals surface area (Å²) in [6, 6.07) is 9.04. The number of carbonyl (C=O) groups is 2. The first-order valence-corrected chi connectivity index (χ1v) is 10.0. The summed E-state index contributed by atoms with van der Waals surface area (Å²) in [6.07, 6.45) is 0.926. The van der Waals surface area contributed by atoms with E-state index in [1.807, 2.05) is 31.2 Å². The number of aryl methyl sites for hydroxylation is 1. The number of aromatic nitrogens is 2. The van der Waals surface area contributed by atoms with E-state index in [0.717, 1.165) is 16.0 Å². The van der Waals surface area contributed by atoms with Crippen molar-refractivity contribution < 1.29 is 19.2 Å². The van der Waals surface area contributed by atoms with Crippen molar-refractivity contribution in [1.29, 1.82) is 0 Å². The minimum Gasteiger partial charge on any atom is -0.373 e. The van der Waals surface area contributed by atoms with Crippen LogP contribution in [0.2, 0.25) is 0 Å². The van der Waals surface area contributed by atoms with E-state index >= 15 is 0 Å². The molecule has 4 rings (SSSR count). The normalized spacial score (nSPS) is 19.1. The van der Waals surface area contributed by atoms with Crippen LogP contribution in [0, 0.1) is 0 Å². The van der Waals surface area contributed by atoms with Gasteiger partial charge >= 0.3 is 0 Å².